The van der Waals surface area contributed by atoms with E-state index in [0.29, 0.717) is 64.0 Å². The second-order valence-electron chi connectivity index (χ2n) is 7.55. The number of fused-ring (bicyclic) bond motifs is 1. The fraction of sp³-hybridized carbons (Fsp3) is 0.650. The molecule has 162 valence electrons. The lowest BCUT2D eigenvalue weighted by Crippen LogP contribution is -3.15. The lowest BCUT2D eigenvalue weighted by molar-refractivity contribution is -0.895. The Hall–Kier alpha value is -1.84. The van der Waals surface area contributed by atoms with Gasteiger partial charge < -0.3 is 19.7 Å². The van der Waals surface area contributed by atoms with Crippen molar-refractivity contribution in [1.29, 1.82) is 0 Å². The van der Waals surface area contributed by atoms with E-state index in [2.05, 4.69) is 12.2 Å². The monoisotopic (exact) mass is 426 g/mol. The Morgan fingerprint density at radius 1 is 1.14 bits per heavy atom. The summed E-state index contributed by atoms with van der Waals surface area (Å²) in [7, 11) is -3.60. The van der Waals surface area contributed by atoms with Gasteiger partial charge in [-0.1, -0.05) is 19.8 Å². The number of ether oxygens (including phenoxy) is 2. The largest absolute Gasteiger partial charge is 0.490 e. The second-order valence-corrected chi connectivity index (χ2v) is 9.48. The van der Waals surface area contributed by atoms with Crippen molar-refractivity contribution in [1.82, 2.24) is 9.62 Å². The van der Waals surface area contributed by atoms with E-state index in [4.69, 9.17) is 9.47 Å². The van der Waals surface area contributed by atoms with Gasteiger partial charge in [0.05, 0.1) is 44.3 Å². The predicted molar refractivity (Wildman–Crippen MR) is 109 cm³/mol. The maximum atomic E-state index is 13.0. The molecule has 0 aliphatic carbocycles. The summed E-state index contributed by atoms with van der Waals surface area (Å²) in [5.74, 6) is 1.10. The summed E-state index contributed by atoms with van der Waals surface area (Å²) in [6, 6.07) is 4.79. The Kier molecular flexibility index (Phi) is 7.74. The summed E-state index contributed by atoms with van der Waals surface area (Å²) < 4.78 is 38.8. The van der Waals surface area contributed by atoms with Gasteiger partial charge in [-0.2, -0.15) is 4.31 Å². The van der Waals surface area contributed by atoms with E-state index in [1.54, 1.807) is 18.2 Å². The second kappa shape index (κ2) is 10.3. The summed E-state index contributed by atoms with van der Waals surface area (Å²) in [5.41, 5.74) is 0. The number of piperazine rings is 1. The molecule has 0 atom stereocenters. The molecule has 0 aromatic heterocycles. The molecule has 1 aromatic rings. The number of quaternary nitrogens is 1. The van der Waals surface area contributed by atoms with E-state index in [9.17, 15) is 13.2 Å². The molecule has 0 bridgehead atoms. The van der Waals surface area contributed by atoms with E-state index >= 15 is 0 Å². The molecule has 1 fully saturated rings. The summed E-state index contributed by atoms with van der Waals surface area (Å²) in [6.07, 6.45) is 4.01. The normalized spacial score (nSPS) is 18.2. The number of sulfonamides is 1. The highest BCUT2D eigenvalue weighted by Crippen LogP contribution is 2.32. The molecule has 3 rings (SSSR count). The first kappa shape index (κ1) is 21.9. The molecule has 1 amide bonds. The lowest BCUT2D eigenvalue weighted by atomic mass is 10.2. The van der Waals surface area contributed by atoms with Crippen LogP contribution in [0.1, 0.15) is 32.6 Å². The minimum absolute atomic E-state index is 0.0373. The molecule has 0 spiro atoms. The van der Waals surface area contributed by atoms with Gasteiger partial charge in [-0.3, -0.25) is 4.79 Å². The van der Waals surface area contributed by atoms with Crippen LogP contribution in [0.5, 0.6) is 11.5 Å². The molecular formula is C20H32N3O5S+. The van der Waals surface area contributed by atoms with Gasteiger partial charge in [0.25, 0.3) is 5.91 Å². The van der Waals surface area contributed by atoms with Crippen molar-refractivity contribution in [2.75, 3.05) is 52.5 Å². The number of nitrogens with one attached hydrogen (secondary N) is 2. The van der Waals surface area contributed by atoms with Crippen molar-refractivity contribution >= 4 is 15.9 Å². The number of amides is 1. The lowest BCUT2D eigenvalue weighted by Gasteiger charge is -2.31. The van der Waals surface area contributed by atoms with Crippen molar-refractivity contribution in [3.05, 3.63) is 18.2 Å². The van der Waals surface area contributed by atoms with Crippen molar-refractivity contribution in [3.8, 4) is 11.5 Å². The highest BCUT2D eigenvalue weighted by molar-refractivity contribution is 7.89. The average Bonchev–Trinajstić information content (AvgIpc) is 2.96. The molecule has 2 heterocycles. The molecule has 2 aliphatic rings. The van der Waals surface area contributed by atoms with Crippen LogP contribution in [-0.4, -0.2) is 71.1 Å². The van der Waals surface area contributed by atoms with Gasteiger partial charge >= 0.3 is 0 Å². The molecule has 2 N–H and O–H groups in total. The first-order chi connectivity index (χ1) is 14.0. The molecule has 29 heavy (non-hydrogen) atoms. The Balaban J connectivity index is 1.53. The molecule has 8 nitrogen and oxygen atoms in total. The maximum absolute atomic E-state index is 13.0. The van der Waals surface area contributed by atoms with Gasteiger partial charge in [0.2, 0.25) is 10.0 Å². The first-order valence-corrected chi connectivity index (χ1v) is 11.9. The minimum Gasteiger partial charge on any atom is -0.490 e. The van der Waals surface area contributed by atoms with E-state index in [1.807, 2.05) is 0 Å². The molecule has 1 aromatic carbocycles. The Bertz CT molecular complexity index is 791. The third kappa shape index (κ3) is 5.83. The highest BCUT2D eigenvalue weighted by Gasteiger charge is 2.32. The standard InChI is InChI=1S/C20H31N3O5S/c1-2-3-4-8-21-20(24)16-22-9-11-23(12-10-22)29(25,26)17-6-7-18-19(15-17)28-14-5-13-27-18/h6-7,15H,2-5,8-14,16H2,1H3,(H,21,24)/p+1. The van der Waals surface area contributed by atoms with Gasteiger partial charge in [0.15, 0.2) is 18.0 Å². The number of nitrogens with zero attached hydrogens (tertiary/aromatic N) is 1. The Morgan fingerprint density at radius 3 is 2.59 bits per heavy atom. The number of rotatable bonds is 8. The zero-order valence-corrected chi connectivity index (χ0v) is 17.9. The van der Waals surface area contributed by atoms with Crippen LogP contribution in [0, 0.1) is 0 Å². The zero-order chi connectivity index (χ0) is 20.7. The van der Waals surface area contributed by atoms with Crippen LogP contribution in [0.4, 0.5) is 0 Å². The van der Waals surface area contributed by atoms with E-state index in [-0.39, 0.29) is 10.8 Å². The SMILES string of the molecule is CCCCCNC(=O)C[NH+]1CCN(S(=O)(=O)c2ccc3c(c2)OCCCO3)CC1. The van der Waals surface area contributed by atoms with Crippen molar-refractivity contribution < 1.29 is 27.6 Å². The van der Waals surface area contributed by atoms with Gasteiger partial charge in [-0.15, -0.1) is 0 Å². The molecule has 2 aliphatic heterocycles. The zero-order valence-electron chi connectivity index (χ0n) is 17.1. The Labute approximate surface area is 173 Å². The average molecular weight is 427 g/mol. The smallest absolute Gasteiger partial charge is 0.275 e. The van der Waals surface area contributed by atoms with Gasteiger partial charge in [-0.25, -0.2) is 8.42 Å². The first-order valence-electron chi connectivity index (χ1n) is 10.5. The van der Waals surface area contributed by atoms with Gasteiger partial charge in [0, 0.05) is 19.0 Å². The van der Waals surface area contributed by atoms with Gasteiger partial charge in [0.1, 0.15) is 0 Å². The summed E-state index contributed by atoms with van der Waals surface area (Å²) >= 11 is 0. The van der Waals surface area contributed by atoms with Crippen LogP contribution in [0.3, 0.4) is 0 Å². The number of hydrogen-bond acceptors (Lipinski definition) is 5. The molecule has 0 saturated carbocycles. The third-order valence-corrected chi connectivity index (χ3v) is 7.19. The fourth-order valence-corrected chi connectivity index (χ4v) is 5.02. The highest BCUT2D eigenvalue weighted by atomic mass is 32.2. The summed E-state index contributed by atoms with van der Waals surface area (Å²) in [4.78, 5) is 13.4. The van der Waals surface area contributed by atoms with Crippen LogP contribution in [0.2, 0.25) is 0 Å². The number of benzene rings is 1. The number of carbonyl (C=O) groups is 1. The predicted octanol–water partition coefficient (Wildman–Crippen LogP) is 0.0435. The quantitative estimate of drug-likeness (QED) is 0.573. The van der Waals surface area contributed by atoms with Crippen molar-refractivity contribution in [2.24, 2.45) is 0 Å². The maximum Gasteiger partial charge on any atom is 0.275 e. The summed E-state index contributed by atoms with van der Waals surface area (Å²) in [5, 5.41) is 2.95. The molecule has 0 unspecified atom stereocenters. The van der Waals surface area contributed by atoms with E-state index < -0.39 is 10.0 Å². The minimum atomic E-state index is -3.60. The van der Waals surface area contributed by atoms with Crippen molar-refractivity contribution in [2.45, 2.75) is 37.5 Å². The van der Waals surface area contributed by atoms with Crippen LogP contribution in [-0.2, 0) is 14.8 Å². The van der Waals surface area contributed by atoms with Crippen LogP contribution < -0.4 is 19.7 Å². The Morgan fingerprint density at radius 2 is 1.86 bits per heavy atom. The molecule has 0 radical (unpaired) electrons. The van der Waals surface area contributed by atoms with E-state index in [1.165, 1.54) is 4.31 Å². The molecule has 1 saturated heterocycles. The number of hydrogen-bond donors (Lipinski definition) is 2. The van der Waals surface area contributed by atoms with Gasteiger partial charge in [-0.05, 0) is 18.6 Å². The van der Waals surface area contributed by atoms with Crippen LogP contribution in [0.15, 0.2) is 23.1 Å². The van der Waals surface area contributed by atoms with Crippen LogP contribution >= 0.6 is 0 Å². The van der Waals surface area contributed by atoms with E-state index in [0.717, 1.165) is 30.6 Å². The summed E-state index contributed by atoms with van der Waals surface area (Å²) in [6.45, 7) is 6.35. The topological polar surface area (TPSA) is 89.4 Å². The fourth-order valence-electron chi connectivity index (χ4n) is 3.57. The number of carbonyl (C=O) groups excluding carboxylic acids is 1. The third-order valence-electron chi connectivity index (χ3n) is 5.30. The van der Waals surface area contributed by atoms with Crippen LogP contribution in [0.25, 0.3) is 0 Å². The molecular weight excluding hydrogens is 394 g/mol. The molecule has 9 heteroatoms. The number of unbranched alkanes of at least 4 members (excludes halogenated alkanes) is 2. The van der Waals surface area contributed by atoms with Crippen molar-refractivity contribution in [3.63, 3.8) is 0 Å².